The third kappa shape index (κ3) is 3.96. The van der Waals surface area contributed by atoms with Crippen molar-refractivity contribution in [3.8, 4) is 0 Å². The molecule has 1 aliphatic heterocycles. The molecule has 17 heavy (non-hydrogen) atoms. The third-order valence-corrected chi connectivity index (χ3v) is 5.58. The van der Waals surface area contributed by atoms with E-state index in [1.54, 1.807) is 0 Å². The van der Waals surface area contributed by atoms with E-state index in [1.165, 1.54) is 0 Å². The van der Waals surface area contributed by atoms with Crippen LogP contribution in [0.1, 0.15) is 32.1 Å². The van der Waals surface area contributed by atoms with E-state index < -0.39 is 9.84 Å². The topological polar surface area (TPSA) is 75.3 Å². The fourth-order valence-corrected chi connectivity index (χ4v) is 3.88. The summed E-state index contributed by atoms with van der Waals surface area (Å²) in [5, 5.41) is 5.73. The van der Waals surface area contributed by atoms with Crippen LogP contribution in [0, 0.1) is 0 Å². The summed E-state index contributed by atoms with van der Waals surface area (Å²) in [6.45, 7) is 1.05. The van der Waals surface area contributed by atoms with Crippen LogP contribution in [0.2, 0.25) is 0 Å². The van der Waals surface area contributed by atoms with Gasteiger partial charge >= 0.3 is 0 Å². The van der Waals surface area contributed by atoms with E-state index in [2.05, 4.69) is 10.6 Å². The Morgan fingerprint density at radius 3 is 2.59 bits per heavy atom. The van der Waals surface area contributed by atoms with Gasteiger partial charge in [0.25, 0.3) is 0 Å². The molecule has 6 heteroatoms. The van der Waals surface area contributed by atoms with Gasteiger partial charge in [-0.2, -0.15) is 0 Å². The molecule has 0 aromatic rings. The van der Waals surface area contributed by atoms with Gasteiger partial charge in [0, 0.05) is 25.6 Å². The second-order valence-corrected chi connectivity index (χ2v) is 7.33. The van der Waals surface area contributed by atoms with E-state index >= 15 is 0 Å². The van der Waals surface area contributed by atoms with Crippen molar-refractivity contribution in [2.24, 2.45) is 0 Å². The monoisotopic (exact) mass is 260 g/mol. The molecule has 1 saturated carbocycles. The fourth-order valence-electron chi connectivity index (χ4n) is 2.08. The standard InChI is InChI=1S/C11H20N2O3S/c14-11(13-9-3-4-9)5-6-12-8-10-2-1-7-17(10,15)16/h9-10,12H,1-8H2,(H,13,14). The molecular formula is C11H20N2O3S. The number of carbonyl (C=O) groups is 1. The van der Waals surface area contributed by atoms with Crippen LogP contribution >= 0.6 is 0 Å². The molecule has 1 saturated heterocycles. The van der Waals surface area contributed by atoms with Gasteiger partial charge in [0.15, 0.2) is 9.84 Å². The van der Waals surface area contributed by atoms with Gasteiger partial charge in [-0.3, -0.25) is 4.79 Å². The average molecular weight is 260 g/mol. The zero-order valence-corrected chi connectivity index (χ0v) is 10.8. The smallest absolute Gasteiger partial charge is 0.221 e. The van der Waals surface area contributed by atoms with Crippen LogP contribution in [-0.4, -0.2) is 44.5 Å². The summed E-state index contributed by atoms with van der Waals surface area (Å²) < 4.78 is 23.0. The minimum absolute atomic E-state index is 0.0641. The predicted octanol–water partition coefficient (Wildman–Crippen LogP) is -0.178. The molecule has 1 atom stereocenters. The first-order valence-electron chi connectivity index (χ1n) is 6.29. The summed E-state index contributed by atoms with van der Waals surface area (Å²) in [5.74, 6) is 0.385. The summed E-state index contributed by atoms with van der Waals surface area (Å²) in [6.07, 6.45) is 4.16. The highest BCUT2D eigenvalue weighted by Gasteiger charge is 2.30. The molecule has 2 rings (SSSR count). The number of hydrogen-bond donors (Lipinski definition) is 2. The van der Waals surface area contributed by atoms with Crippen molar-refractivity contribution in [2.75, 3.05) is 18.8 Å². The lowest BCUT2D eigenvalue weighted by Gasteiger charge is -2.10. The minimum atomic E-state index is -2.86. The van der Waals surface area contributed by atoms with E-state index in [4.69, 9.17) is 0 Å². The second kappa shape index (κ2) is 5.35. The number of rotatable bonds is 6. The highest BCUT2D eigenvalue weighted by molar-refractivity contribution is 7.92. The Morgan fingerprint density at radius 2 is 2.00 bits per heavy atom. The Bertz CT molecular complexity index is 376. The molecule has 98 valence electrons. The van der Waals surface area contributed by atoms with Gasteiger partial charge in [-0.1, -0.05) is 0 Å². The van der Waals surface area contributed by atoms with Gasteiger partial charge in [-0.15, -0.1) is 0 Å². The second-order valence-electron chi connectivity index (χ2n) is 4.93. The van der Waals surface area contributed by atoms with Crippen LogP contribution in [0.3, 0.4) is 0 Å². The van der Waals surface area contributed by atoms with Crippen LogP contribution in [0.4, 0.5) is 0 Å². The number of hydrogen-bond acceptors (Lipinski definition) is 4. The number of nitrogens with one attached hydrogen (secondary N) is 2. The van der Waals surface area contributed by atoms with Gasteiger partial charge in [0.05, 0.1) is 11.0 Å². The van der Waals surface area contributed by atoms with Crippen LogP contribution in [0.5, 0.6) is 0 Å². The highest BCUT2D eigenvalue weighted by Crippen LogP contribution is 2.19. The molecule has 1 heterocycles. The first-order valence-corrected chi connectivity index (χ1v) is 8.01. The third-order valence-electron chi connectivity index (χ3n) is 3.31. The number of sulfone groups is 1. The van der Waals surface area contributed by atoms with Crippen molar-refractivity contribution in [2.45, 2.75) is 43.4 Å². The Morgan fingerprint density at radius 1 is 1.24 bits per heavy atom. The van der Waals surface area contributed by atoms with E-state index in [9.17, 15) is 13.2 Å². The van der Waals surface area contributed by atoms with Gasteiger partial charge in [-0.25, -0.2) is 8.42 Å². The molecule has 1 amide bonds. The average Bonchev–Trinajstić information content (AvgIpc) is 2.98. The Hall–Kier alpha value is -0.620. The predicted molar refractivity (Wildman–Crippen MR) is 65.5 cm³/mol. The van der Waals surface area contributed by atoms with E-state index in [0.29, 0.717) is 31.3 Å². The summed E-state index contributed by atoms with van der Waals surface area (Å²) >= 11 is 0. The molecule has 0 aromatic carbocycles. The van der Waals surface area contributed by atoms with Gasteiger partial charge in [0.2, 0.25) is 5.91 Å². The molecular weight excluding hydrogens is 240 g/mol. The zero-order chi connectivity index (χ0) is 12.3. The van der Waals surface area contributed by atoms with Crippen molar-refractivity contribution in [1.82, 2.24) is 10.6 Å². The van der Waals surface area contributed by atoms with Gasteiger partial charge in [-0.05, 0) is 25.7 Å². The number of amides is 1. The van der Waals surface area contributed by atoms with Crippen LogP contribution < -0.4 is 10.6 Å². The lowest BCUT2D eigenvalue weighted by atomic mass is 10.2. The molecule has 0 aromatic heterocycles. The van der Waals surface area contributed by atoms with E-state index in [0.717, 1.165) is 25.7 Å². The number of carbonyl (C=O) groups excluding carboxylic acids is 1. The Labute approximate surface area is 102 Å². The zero-order valence-electron chi connectivity index (χ0n) is 9.94. The van der Waals surface area contributed by atoms with Crippen molar-refractivity contribution in [3.05, 3.63) is 0 Å². The lowest BCUT2D eigenvalue weighted by Crippen LogP contribution is -2.34. The highest BCUT2D eigenvalue weighted by atomic mass is 32.2. The largest absolute Gasteiger partial charge is 0.353 e. The summed E-state index contributed by atoms with van der Waals surface area (Å²) in [6, 6.07) is 0.401. The maximum Gasteiger partial charge on any atom is 0.221 e. The van der Waals surface area contributed by atoms with Crippen LogP contribution in [-0.2, 0) is 14.6 Å². The molecule has 2 N–H and O–H groups in total. The molecule has 2 fully saturated rings. The van der Waals surface area contributed by atoms with Crippen molar-refractivity contribution >= 4 is 15.7 Å². The summed E-state index contributed by atoms with van der Waals surface area (Å²) in [7, 11) is -2.86. The van der Waals surface area contributed by atoms with Crippen molar-refractivity contribution in [3.63, 3.8) is 0 Å². The summed E-state index contributed by atoms with van der Waals surface area (Å²) in [5.41, 5.74) is 0. The SMILES string of the molecule is O=C(CCNCC1CCCS1(=O)=O)NC1CC1. The van der Waals surface area contributed by atoms with E-state index in [1.807, 2.05) is 0 Å². The van der Waals surface area contributed by atoms with Crippen LogP contribution in [0.25, 0.3) is 0 Å². The Balaban J connectivity index is 1.58. The fraction of sp³-hybridized carbons (Fsp3) is 0.909. The normalized spacial score (nSPS) is 26.9. The maximum absolute atomic E-state index is 11.5. The molecule has 5 nitrogen and oxygen atoms in total. The molecule has 1 unspecified atom stereocenters. The molecule has 2 aliphatic rings. The summed E-state index contributed by atoms with van der Waals surface area (Å²) in [4.78, 5) is 11.3. The van der Waals surface area contributed by atoms with Gasteiger partial charge < -0.3 is 10.6 Å². The van der Waals surface area contributed by atoms with Gasteiger partial charge in [0.1, 0.15) is 0 Å². The first-order chi connectivity index (χ1) is 8.08. The maximum atomic E-state index is 11.5. The minimum Gasteiger partial charge on any atom is -0.353 e. The van der Waals surface area contributed by atoms with Crippen LogP contribution in [0.15, 0.2) is 0 Å². The molecule has 0 bridgehead atoms. The Kier molecular flexibility index (Phi) is 4.04. The molecule has 0 radical (unpaired) electrons. The van der Waals surface area contributed by atoms with E-state index in [-0.39, 0.29) is 11.2 Å². The molecule has 1 aliphatic carbocycles. The lowest BCUT2D eigenvalue weighted by molar-refractivity contribution is -0.121. The first kappa shape index (κ1) is 12.8. The molecule has 0 spiro atoms. The quantitative estimate of drug-likeness (QED) is 0.650. The van der Waals surface area contributed by atoms with Crippen molar-refractivity contribution in [1.29, 1.82) is 0 Å². The van der Waals surface area contributed by atoms with Crippen molar-refractivity contribution < 1.29 is 13.2 Å².